The fourth-order valence-corrected chi connectivity index (χ4v) is 2.27. The second-order valence-electron chi connectivity index (χ2n) is 3.93. The molecule has 0 aromatic heterocycles. The molecule has 0 saturated heterocycles. The van der Waals surface area contributed by atoms with Gasteiger partial charge in [-0.1, -0.05) is 40.2 Å². The summed E-state index contributed by atoms with van der Waals surface area (Å²) in [6.45, 7) is 0.176. The third-order valence-electron chi connectivity index (χ3n) is 2.67. The molecule has 0 heterocycles. The third-order valence-corrected chi connectivity index (χ3v) is 3.37. The minimum absolute atomic E-state index is 0.0294. The average molecular weight is 318 g/mol. The summed E-state index contributed by atoms with van der Waals surface area (Å²) in [4.78, 5) is 11.4. The van der Waals surface area contributed by atoms with Gasteiger partial charge in [0.15, 0.2) is 0 Å². The van der Waals surface area contributed by atoms with Crippen LogP contribution in [0.4, 0.5) is 5.69 Å². The van der Waals surface area contributed by atoms with Crippen molar-refractivity contribution in [3.63, 3.8) is 0 Å². The van der Waals surface area contributed by atoms with Gasteiger partial charge in [0.2, 0.25) is 5.91 Å². The predicted molar refractivity (Wildman–Crippen MR) is 78.8 cm³/mol. The average Bonchev–Trinajstić information content (AvgIpc) is 2.45. The second-order valence-corrected chi connectivity index (χ2v) is 4.78. The molecule has 0 bridgehead atoms. The number of nitrogens with one attached hydrogen (secondary N) is 2. The molecule has 0 atom stereocenters. The van der Waals surface area contributed by atoms with Crippen molar-refractivity contribution in [3.05, 3.63) is 40.9 Å². The van der Waals surface area contributed by atoms with Crippen LogP contribution in [0, 0.1) is 11.3 Å². The zero-order valence-electron chi connectivity index (χ0n) is 10.1. The van der Waals surface area contributed by atoms with Gasteiger partial charge in [0, 0.05) is 15.5 Å². The third kappa shape index (κ3) is 3.24. The quantitative estimate of drug-likeness (QED) is 0.852. The van der Waals surface area contributed by atoms with E-state index < -0.39 is 0 Å². The van der Waals surface area contributed by atoms with E-state index in [0.29, 0.717) is 0 Å². The Balaban J connectivity index is 2.16. The Kier molecular flexibility index (Phi) is 4.37. The Morgan fingerprint density at radius 1 is 1.21 bits per heavy atom. The Bertz CT molecular complexity index is 649. The van der Waals surface area contributed by atoms with Crippen molar-refractivity contribution in [2.75, 3.05) is 18.4 Å². The molecule has 2 N–H and O–H groups in total. The van der Waals surface area contributed by atoms with Crippen LogP contribution in [-0.2, 0) is 4.79 Å². The fourth-order valence-electron chi connectivity index (χ4n) is 1.79. The van der Waals surface area contributed by atoms with Crippen molar-refractivity contribution in [2.45, 2.75) is 0 Å². The van der Waals surface area contributed by atoms with Crippen LogP contribution in [0.3, 0.4) is 0 Å². The number of hydrogen-bond donors (Lipinski definition) is 2. The smallest absolute Gasteiger partial charge is 0.240 e. The number of halogens is 1. The molecule has 2 aromatic rings. The minimum Gasteiger partial charge on any atom is -0.376 e. The molecule has 0 aliphatic rings. The highest BCUT2D eigenvalue weighted by atomic mass is 79.9. The lowest BCUT2D eigenvalue weighted by Gasteiger charge is -2.10. The molecule has 2 rings (SSSR count). The van der Waals surface area contributed by atoms with Gasteiger partial charge in [-0.25, -0.2) is 0 Å². The van der Waals surface area contributed by atoms with Crippen LogP contribution < -0.4 is 10.6 Å². The first-order valence-electron chi connectivity index (χ1n) is 5.77. The van der Waals surface area contributed by atoms with E-state index in [9.17, 15) is 4.79 Å². The molecule has 0 saturated carbocycles. The topological polar surface area (TPSA) is 64.9 Å². The molecule has 0 unspecified atom stereocenters. The molecular weight excluding hydrogens is 306 g/mol. The second kappa shape index (κ2) is 6.21. The number of amides is 1. The minimum atomic E-state index is -0.200. The standard InChI is InChI=1S/C14H12BrN3O/c15-12-5-6-13(11-4-2-1-3-10(11)12)18-9-14(19)17-8-7-16/h1-6,18H,8-9H2,(H,17,19). The van der Waals surface area contributed by atoms with E-state index in [1.165, 1.54) is 0 Å². The number of hydrogen-bond acceptors (Lipinski definition) is 3. The fraction of sp³-hybridized carbons (Fsp3) is 0.143. The van der Waals surface area contributed by atoms with Crippen molar-refractivity contribution in [2.24, 2.45) is 0 Å². The Morgan fingerprint density at radius 2 is 1.95 bits per heavy atom. The maximum absolute atomic E-state index is 11.4. The van der Waals surface area contributed by atoms with E-state index >= 15 is 0 Å². The molecule has 2 aromatic carbocycles. The summed E-state index contributed by atoms with van der Waals surface area (Å²) in [6, 6.07) is 13.7. The van der Waals surface area contributed by atoms with Crippen LogP contribution in [0.2, 0.25) is 0 Å². The highest BCUT2D eigenvalue weighted by Crippen LogP contribution is 2.29. The van der Waals surface area contributed by atoms with Gasteiger partial charge in [-0.15, -0.1) is 0 Å². The maximum atomic E-state index is 11.4. The Labute approximate surface area is 119 Å². The largest absolute Gasteiger partial charge is 0.376 e. The summed E-state index contributed by atoms with van der Waals surface area (Å²) >= 11 is 3.50. The van der Waals surface area contributed by atoms with Crippen molar-refractivity contribution >= 4 is 38.3 Å². The molecular formula is C14H12BrN3O. The van der Waals surface area contributed by atoms with Crippen LogP contribution in [0.15, 0.2) is 40.9 Å². The van der Waals surface area contributed by atoms with Crippen molar-refractivity contribution in [3.8, 4) is 6.07 Å². The monoisotopic (exact) mass is 317 g/mol. The highest BCUT2D eigenvalue weighted by Gasteiger charge is 2.05. The molecule has 0 fully saturated rings. The van der Waals surface area contributed by atoms with Crippen molar-refractivity contribution < 1.29 is 4.79 Å². The molecule has 0 spiro atoms. The maximum Gasteiger partial charge on any atom is 0.240 e. The predicted octanol–water partition coefficient (Wildman–Crippen LogP) is 2.65. The SMILES string of the molecule is N#CCNC(=O)CNc1ccc(Br)c2ccccc12. The van der Waals surface area contributed by atoms with Gasteiger partial charge < -0.3 is 10.6 Å². The molecule has 19 heavy (non-hydrogen) atoms. The van der Waals surface area contributed by atoms with Crippen LogP contribution in [0.25, 0.3) is 10.8 Å². The number of nitrogens with zero attached hydrogens (tertiary/aromatic N) is 1. The molecule has 4 nitrogen and oxygen atoms in total. The van der Waals surface area contributed by atoms with E-state index in [2.05, 4.69) is 26.6 Å². The van der Waals surface area contributed by atoms with Gasteiger partial charge in [0.05, 0.1) is 12.6 Å². The normalized spacial score (nSPS) is 9.89. The van der Waals surface area contributed by atoms with Crippen LogP contribution in [-0.4, -0.2) is 19.0 Å². The number of rotatable bonds is 4. The van der Waals surface area contributed by atoms with Crippen LogP contribution in [0.5, 0.6) is 0 Å². The first kappa shape index (κ1) is 13.4. The lowest BCUT2D eigenvalue weighted by molar-refractivity contribution is -0.119. The summed E-state index contributed by atoms with van der Waals surface area (Å²) in [6.07, 6.45) is 0. The summed E-state index contributed by atoms with van der Waals surface area (Å²) in [7, 11) is 0. The van der Waals surface area contributed by atoms with Gasteiger partial charge in [-0.2, -0.15) is 5.26 Å². The number of carbonyl (C=O) groups excluding carboxylic acids is 1. The van der Waals surface area contributed by atoms with E-state index in [1.54, 1.807) is 0 Å². The Hall–Kier alpha value is -2.06. The molecule has 5 heteroatoms. The van der Waals surface area contributed by atoms with Crippen LogP contribution in [0.1, 0.15) is 0 Å². The summed E-state index contributed by atoms with van der Waals surface area (Å²) in [5.41, 5.74) is 0.894. The van der Waals surface area contributed by atoms with Gasteiger partial charge in [-0.05, 0) is 17.5 Å². The molecule has 0 aliphatic carbocycles. The number of anilines is 1. The lowest BCUT2D eigenvalue weighted by atomic mass is 10.1. The van der Waals surface area contributed by atoms with E-state index in [-0.39, 0.29) is 19.0 Å². The number of nitriles is 1. The first-order valence-corrected chi connectivity index (χ1v) is 6.56. The highest BCUT2D eigenvalue weighted by molar-refractivity contribution is 9.10. The summed E-state index contributed by atoms with van der Waals surface area (Å²) < 4.78 is 1.02. The van der Waals surface area contributed by atoms with Gasteiger partial charge in [0.1, 0.15) is 6.54 Å². The number of fused-ring (bicyclic) bond motifs is 1. The van der Waals surface area contributed by atoms with Gasteiger partial charge in [-0.3, -0.25) is 4.79 Å². The zero-order valence-corrected chi connectivity index (χ0v) is 11.7. The molecule has 96 valence electrons. The summed E-state index contributed by atoms with van der Waals surface area (Å²) in [5, 5.41) is 16.1. The zero-order chi connectivity index (χ0) is 13.7. The Morgan fingerprint density at radius 3 is 2.68 bits per heavy atom. The molecule has 0 aliphatic heterocycles. The van der Waals surface area contributed by atoms with Crippen molar-refractivity contribution in [1.82, 2.24) is 5.32 Å². The van der Waals surface area contributed by atoms with E-state index in [0.717, 1.165) is 20.9 Å². The number of carbonyl (C=O) groups is 1. The number of benzene rings is 2. The van der Waals surface area contributed by atoms with E-state index in [4.69, 9.17) is 5.26 Å². The van der Waals surface area contributed by atoms with Gasteiger partial charge >= 0.3 is 0 Å². The summed E-state index contributed by atoms with van der Waals surface area (Å²) in [5.74, 6) is -0.200. The molecule has 0 radical (unpaired) electrons. The first-order chi connectivity index (χ1) is 9.22. The van der Waals surface area contributed by atoms with Crippen LogP contribution >= 0.6 is 15.9 Å². The van der Waals surface area contributed by atoms with E-state index in [1.807, 2.05) is 42.5 Å². The lowest BCUT2D eigenvalue weighted by Crippen LogP contribution is -2.30. The van der Waals surface area contributed by atoms with Crippen molar-refractivity contribution in [1.29, 1.82) is 5.26 Å². The molecule has 1 amide bonds. The van der Waals surface area contributed by atoms with Gasteiger partial charge in [0.25, 0.3) is 0 Å².